The zero-order valence-corrected chi connectivity index (χ0v) is 15.5. The third-order valence-electron chi connectivity index (χ3n) is 5.23. The lowest BCUT2D eigenvalue weighted by Gasteiger charge is -2.34. The molecule has 0 radical (unpaired) electrons. The average Bonchev–Trinajstić information content (AvgIpc) is 3.02. The van der Waals surface area contributed by atoms with Crippen molar-refractivity contribution in [3.63, 3.8) is 0 Å². The summed E-state index contributed by atoms with van der Waals surface area (Å²) < 4.78 is 0.909. The summed E-state index contributed by atoms with van der Waals surface area (Å²) in [5.41, 5.74) is 3.13. The number of fused-ring (bicyclic) bond motifs is 1. The molecule has 2 aromatic carbocycles. The molecule has 1 saturated heterocycles. The van der Waals surface area contributed by atoms with Gasteiger partial charge in [-0.05, 0) is 55.0 Å². The zero-order chi connectivity index (χ0) is 17.9. The SMILES string of the molecule is O=c1[nH]c2ccc(C(O)CN3CCC[C@H](Cc4ccccc4)C3)cc2s1. The van der Waals surface area contributed by atoms with Crippen LogP contribution >= 0.6 is 11.3 Å². The fourth-order valence-corrected chi connectivity index (χ4v) is 4.74. The number of H-pyrrole nitrogens is 1. The Morgan fingerprint density at radius 3 is 2.92 bits per heavy atom. The lowest BCUT2D eigenvalue weighted by atomic mass is 9.91. The fraction of sp³-hybridized carbons (Fsp3) is 0.381. The molecule has 0 aliphatic carbocycles. The van der Waals surface area contributed by atoms with E-state index in [9.17, 15) is 9.90 Å². The molecule has 1 fully saturated rings. The van der Waals surface area contributed by atoms with E-state index < -0.39 is 6.10 Å². The molecule has 3 aromatic rings. The third kappa shape index (κ3) is 4.06. The molecule has 1 aliphatic heterocycles. The van der Waals surface area contributed by atoms with Crippen molar-refractivity contribution in [2.75, 3.05) is 19.6 Å². The van der Waals surface area contributed by atoms with Crippen molar-refractivity contribution in [3.8, 4) is 0 Å². The minimum Gasteiger partial charge on any atom is -0.387 e. The van der Waals surface area contributed by atoms with E-state index in [1.54, 1.807) is 0 Å². The van der Waals surface area contributed by atoms with Crippen LogP contribution in [0.2, 0.25) is 0 Å². The van der Waals surface area contributed by atoms with Crippen LogP contribution in [0.1, 0.15) is 30.1 Å². The normalized spacial score (nSPS) is 19.7. The molecule has 4 nitrogen and oxygen atoms in total. The van der Waals surface area contributed by atoms with Crippen molar-refractivity contribution in [2.24, 2.45) is 5.92 Å². The highest BCUT2D eigenvalue weighted by Crippen LogP contribution is 2.25. The van der Waals surface area contributed by atoms with Gasteiger partial charge in [-0.15, -0.1) is 0 Å². The van der Waals surface area contributed by atoms with Gasteiger partial charge in [0, 0.05) is 13.1 Å². The van der Waals surface area contributed by atoms with Gasteiger partial charge in [-0.2, -0.15) is 0 Å². The fourth-order valence-electron chi connectivity index (χ4n) is 3.95. The maximum absolute atomic E-state index is 11.5. The quantitative estimate of drug-likeness (QED) is 0.724. The Bertz CT molecular complexity index is 918. The topological polar surface area (TPSA) is 56.3 Å². The molecular formula is C21H24N2O2S. The van der Waals surface area contributed by atoms with E-state index >= 15 is 0 Å². The third-order valence-corrected chi connectivity index (χ3v) is 6.08. The molecule has 2 atom stereocenters. The molecule has 4 rings (SSSR count). The molecule has 0 spiro atoms. The molecule has 2 N–H and O–H groups in total. The Morgan fingerprint density at radius 2 is 2.08 bits per heavy atom. The van der Waals surface area contributed by atoms with E-state index in [0.717, 1.165) is 35.3 Å². The van der Waals surface area contributed by atoms with Crippen molar-refractivity contribution in [1.82, 2.24) is 9.88 Å². The first-order valence-electron chi connectivity index (χ1n) is 9.24. The van der Waals surface area contributed by atoms with Crippen LogP contribution < -0.4 is 4.87 Å². The molecule has 5 heteroatoms. The van der Waals surface area contributed by atoms with Crippen LogP contribution in [-0.4, -0.2) is 34.6 Å². The standard InChI is InChI=1S/C21H24N2O2S/c24-19(17-8-9-18-20(12-17)26-21(25)22-18)14-23-10-4-7-16(13-23)11-15-5-2-1-3-6-15/h1-3,5-6,8-9,12,16,19,24H,4,7,10-11,13-14H2,(H,22,25)/t16-,19?/m1/s1. The lowest BCUT2D eigenvalue weighted by Crippen LogP contribution is -2.38. The van der Waals surface area contributed by atoms with Crippen LogP contribution in [0.4, 0.5) is 0 Å². The summed E-state index contributed by atoms with van der Waals surface area (Å²) in [5, 5.41) is 10.7. The van der Waals surface area contributed by atoms with Gasteiger partial charge in [0.15, 0.2) is 0 Å². The van der Waals surface area contributed by atoms with Crippen LogP contribution in [0.25, 0.3) is 10.2 Å². The number of thiazole rings is 1. The Kier molecular flexibility index (Phi) is 5.20. The number of hydrogen-bond donors (Lipinski definition) is 2. The van der Waals surface area contributed by atoms with Crippen LogP contribution in [0.15, 0.2) is 53.3 Å². The highest BCUT2D eigenvalue weighted by atomic mass is 32.1. The van der Waals surface area contributed by atoms with Gasteiger partial charge >= 0.3 is 4.87 Å². The van der Waals surface area contributed by atoms with Crippen molar-refractivity contribution in [3.05, 3.63) is 69.3 Å². The minimum atomic E-state index is -0.521. The smallest absolute Gasteiger partial charge is 0.305 e. The number of aromatic amines is 1. The van der Waals surface area contributed by atoms with E-state index in [4.69, 9.17) is 0 Å². The predicted octanol–water partition coefficient (Wildman–Crippen LogP) is 3.58. The molecule has 1 unspecified atom stereocenters. The maximum Gasteiger partial charge on any atom is 0.305 e. The van der Waals surface area contributed by atoms with Gasteiger partial charge in [0.05, 0.1) is 16.3 Å². The Labute approximate surface area is 157 Å². The van der Waals surface area contributed by atoms with Gasteiger partial charge in [-0.1, -0.05) is 47.7 Å². The number of hydrogen-bond acceptors (Lipinski definition) is 4. The van der Waals surface area contributed by atoms with Crippen LogP contribution in [0.3, 0.4) is 0 Å². The average molecular weight is 369 g/mol. The van der Waals surface area contributed by atoms with Crippen molar-refractivity contribution >= 4 is 21.6 Å². The molecule has 136 valence electrons. The monoisotopic (exact) mass is 368 g/mol. The number of aliphatic hydroxyl groups excluding tert-OH is 1. The van der Waals surface area contributed by atoms with E-state index in [1.165, 1.54) is 29.7 Å². The number of benzene rings is 2. The zero-order valence-electron chi connectivity index (χ0n) is 14.7. The Hall–Kier alpha value is -1.95. The second kappa shape index (κ2) is 7.74. The molecule has 2 heterocycles. The second-order valence-electron chi connectivity index (χ2n) is 7.24. The van der Waals surface area contributed by atoms with Gasteiger partial charge < -0.3 is 15.0 Å². The lowest BCUT2D eigenvalue weighted by molar-refractivity contribution is 0.0845. The Balaban J connectivity index is 1.39. The summed E-state index contributed by atoms with van der Waals surface area (Å²) in [6.45, 7) is 2.73. The summed E-state index contributed by atoms with van der Waals surface area (Å²) >= 11 is 1.20. The number of likely N-dealkylation sites (tertiary alicyclic amines) is 1. The number of β-amino-alcohol motifs (C(OH)–C–C–N with tert-alkyl or cyclic N) is 1. The first-order chi connectivity index (χ1) is 12.7. The van der Waals surface area contributed by atoms with Gasteiger partial charge in [-0.25, -0.2) is 0 Å². The van der Waals surface area contributed by atoms with Crippen LogP contribution in [-0.2, 0) is 6.42 Å². The summed E-state index contributed by atoms with van der Waals surface area (Å²) in [5.74, 6) is 0.649. The molecule has 1 aromatic heterocycles. The van der Waals surface area contributed by atoms with E-state index in [2.05, 4.69) is 40.2 Å². The summed E-state index contributed by atoms with van der Waals surface area (Å²) in [6, 6.07) is 16.4. The largest absolute Gasteiger partial charge is 0.387 e. The van der Waals surface area contributed by atoms with Crippen molar-refractivity contribution in [2.45, 2.75) is 25.4 Å². The van der Waals surface area contributed by atoms with Crippen LogP contribution in [0, 0.1) is 5.92 Å². The molecule has 0 saturated carbocycles. The van der Waals surface area contributed by atoms with Gasteiger partial charge in [0.25, 0.3) is 0 Å². The van der Waals surface area contributed by atoms with Gasteiger partial charge in [-0.3, -0.25) is 4.79 Å². The van der Waals surface area contributed by atoms with Crippen molar-refractivity contribution in [1.29, 1.82) is 0 Å². The summed E-state index contributed by atoms with van der Waals surface area (Å²) in [7, 11) is 0. The number of aliphatic hydroxyl groups is 1. The summed E-state index contributed by atoms with van der Waals surface area (Å²) in [6.07, 6.45) is 3.02. The van der Waals surface area contributed by atoms with Gasteiger partial charge in [0.1, 0.15) is 0 Å². The number of nitrogens with one attached hydrogen (secondary N) is 1. The molecule has 1 aliphatic rings. The molecular weight excluding hydrogens is 344 g/mol. The molecule has 26 heavy (non-hydrogen) atoms. The number of nitrogens with zero attached hydrogens (tertiary/aromatic N) is 1. The van der Waals surface area contributed by atoms with E-state index in [0.29, 0.717) is 12.5 Å². The van der Waals surface area contributed by atoms with E-state index in [-0.39, 0.29) is 4.87 Å². The number of rotatable bonds is 5. The predicted molar refractivity (Wildman–Crippen MR) is 107 cm³/mol. The molecule has 0 bridgehead atoms. The number of aromatic nitrogens is 1. The minimum absolute atomic E-state index is 0.0496. The van der Waals surface area contributed by atoms with Crippen molar-refractivity contribution < 1.29 is 5.11 Å². The molecule has 0 amide bonds. The number of piperidine rings is 1. The van der Waals surface area contributed by atoms with Crippen LogP contribution in [0.5, 0.6) is 0 Å². The first kappa shape index (κ1) is 17.5. The summed E-state index contributed by atoms with van der Waals surface area (Å²) in [4.78, 5) is 16.6. The van der Waals surface area contributed by atoms with E-state index in [1.807, 2.05) is 18.2 Å². The second-order valence-corrected chi connectivity index (χ2v) is 8.26. The highest BCUT2D eigenvalue weighted by Gasteiger charge is 2.22. The maximum atomic E-state index is 11.5. The highest BCUT2D eigenvalue weighted by molar-refractivity contribution is 7.16. The van der Waals surface area contributed by atoms with Gasteiger partial charge in [0.2, 0.25) is 0 Å². The first-order valence-corrected chi connectivity index (χ1v) is 10.1. The Morgan fingerprint density at radius 1 is 1.23 bits per heavy atom.